The van der Waals surface area contributed by atoms with Crippen molar-refractivity contribution in [1.29, 1.82) is 0 Å². The van der Waals surface area contributed by atoms with Gasteiger partial charge < -0.3 is 15.4 Å². The van der Waals surface area contributed by atoms with Crippen molar-refractivity contribution < 1.29 is 4.74 Å². The van der Waals surface area contributed by atoms with Gasteiger partial charge in [-0.2, -0.15) is 11.8 Å². The third-order valence-electron chi connectivity index (χ3n) is 3.25. The molecule has 0 unspecified atom stereocenters. The molecule has 0 atom stereocenters. The van der Waals surface area contributed by atoms with E-state index in [4.69, 9.17) is 4.74 Å². The summed E-state index contributed by atoms with van der Waals surface area (Å²) in [5.41, 5.74) is 1.48. The Hall–Kier alpha value is -0.680. The molecule has 19 heavy (non-hydrogen) atoms. The Morgan fingerprint density at radius 3 is 2.84 bits per heavy atom. The Kier molecular flexibility index (Phi) is 7.31. The minimum atomic E-state index is 0.223. The molecule has 0 radical (unpaired) electrons. The number of thioether (sulfide) groups is 1. The molecule has 0 aliphatic carbocycles. The molecular formula is C14H27N3OS. The highest BCUT2D eigenvalue weighted by Gasteiger charge is 2.16. The van der Waals surface area contributed by atoms with E-state index in [-0.39, 0.29) is 4.75 Å². The van der Waals surface area contributed by atoms with Crippen molar-refractivity contribution in [3.05, 3.63) is 11.6 Å². The Balaban J connectivity index is 2.24. The highest BCUT2D eigenvalue weighted by atomic mass is 32.2. The van der Waals surface area contributed by atoms with Gasteiger partial charge in [0.2, 0.25) is 0 Å². The Labute approximate surface area is 121 Å². The molecule has 1 rings (SSSR count). The summed E-state index contributed by atoms with van der Waals surface area (Å²) in [6, 6.07) is 0. The second kappa shape index (κ2) is 8.48. The first-order valence-corrected chi connectivity index (χ1v) is 8.05. The molecule has 0 fully saturated rings. The van der Waals surface area contributed by atoms with Crippen LogP contribution in [0.5, 0.6) is 0 Å². The number of hydrogen-bond donors (Lipinski definition) is 2. The van der Waals surface area contributed by atoms with Crippen molar-refractivity contribution in [1.82, 2.24) is 10.6 Å². The van der Waals surface area contributed by atoms with E-state index in [9.17, 15) is 0 Å². The molecule has 1 aliphatic heterocycles. The number of ether oxygens (including phenoxy) is 1. The van der Waals surface area contributed by atoms with Crippen LogP contribution in [0.2, 0.25) is 0 Å². The summed E-state index contributed by atoms with van der Waals surface area (Å²) in [7, 11) is 1.81. The first-order chi connectivity index (χ1) is 9.07. The lowest BCUT2D eigenvalue weighted by molar-refractivity contribution is 0.153. The summed E-state index contributed by atoms with van der Waals surface area (Å²) >= 11 is 1.86. The quantitative estimate of drug-likeness (QED) is 0.445. The molecule has 4 nitrogen and oxygen atoms in total. The molecule has 2 N–H and O–H groups in total. The Morgan fingerprint density at radius 1 is 1.47 bits per heavy atom. The van der Waals surface area contributed by atoms with Crippen molar-refractivity contribution in [3.8, 4) is 0 Å². The van der Waals surface area contributed by atoms with Crippen LogP contribution in [0.4, 0.5) is 0 Å². The van der Waals surface area contributed by atoms with Crippen molar-refractivity contribution in [2.24, 2.45) is 4.99 Å². The maximum atomic E-state index is 5.30. The zero-order valence-corrected chi connectivity index (χ0v) is 13.4. The van der Waals surface area contributed by atoms with Crippen LogP contribution in [-0.4, -0.2) is 50.3 Å². The molecule has 5 heteroatoms. The van der Waals surface area contributed by atoms with Crippen LogP contribution in [0.3, 0.4) is 0 Å². The molecule has 0 aromatic rings. The van der Waals surface area contributed by atoms with E-state index in [0.29, 0.717) is 0 Å². The normalized spacial score (nSPS) is 17.1. The SMILES string of the molecule is CN=C(NCCC1=CCOCC1)NCC(C)(C)SC. The summed E-state index contributed by atoms with van der Waals surface area (Å²) in [4.78, 5) is 4.25. The van der Waals surface area contributed by atoms with E-state index in [2.05, 4.69) is 41.8 Å². The standard InChI is InChI=1S/C14H27N3OS/c1-14(2,19-4)11-17-13(15-3)16-8-5-12-6-9-18-10-7-12/h6H,5,7-11H2,1-4H3,(H2,15,16,17). The van der Waals surface area contributed by atoms with E-state index >= 15 is 0 Å². The summed E-state index contributed by atoms with van der Waals surface area (Å²) in [6.07, 6.45) is 6.46. The van der Waals surface area contributed by atoms with Crippen LogP contribution in [-0.2, 0) is 4.74 Å². The maximum Gasteiger partial charge on any atom is 0.191 e. The lowest BCUT2D eigenvalue weighted by atomic mass is 10.1. The van der Waals surface area contributed by atoms with Crippen molar-refractivity contribution in [2.75, 3.05) is 39.6 Å². The van der Waals surface area contributed by atoms with Gasteiger partial charge >= 0.3 is 0 Å². The van der Waals surface area contributed by atoms with Crippen LogP contribution >= 0.6 is 11.8 Å². The minimum Gasteiger partial charge on any atom is -0.377 e. The molecule has 0 bridgehead atoms. The summed E-state index contributed by atoms with van der Waals surface area (Å²) < 4.78 is 5.52. The number of aliphatic imine (C=N–C) groups is 1. The van der Waals surface area contributed by atoms with E-state index < -0.39 is 0 Å². The zero-order valence-electron chi connectivity index (χ0n) is 12.6. The topological polar surface area (TPSA) is 45.7 Å². The van der Waals surface area contributed by atoms with Gasteiger partial charge in [-0.15, -0.1) is 0 Å². The van der Waals surface area contributed by atoms with Gasteiger partial charge in [-0.25, -0.2) is 0 Å². The lowest BCUT2D eigenvalue weighted by Crippen LogP contribution is -2.43. The highest BCUT2D eigenvalue weighted by molar-refractivity contribution is 7.99. The molecule has 0 saturated carbocycles. The van der Waals surface area contributed by atoms with Gasteiger partial charge in [-0.05, 0) is 32.9 Å². The fourth-order valence-corrected chi connectivity index (χ4v) is 1.94. The van der Waals surface area contributed by atoms with Crippen LogP contribution < -0.4 is 10.6 Å². The fourth-order valence-electron chi connectivity index (χ4n) is 1.72. The van der Waals surface area contributed by atoms with Crippen molar-refractivity contribution in [3.63, 3.8) is 0 Å². The van der Waals surface area contributed by atoms with Gasteiger partial charge in [-0.3, -0.25) is 4.99 Å². The smallest absolute Gasteiger partial charge is 0.191 e. The lowest BCUT2D eigenvalue weighted by Gasteiger charge is -2.24. The van der Waals surface area contributed by atoms with Crippen LogP contribution in [0.1, 0.15) is 26.7 Å². The van der Waals surface area contributed by atoms with Crippen LogP contribution in [0.15, 0.2) is 16.6 Å². The average molecular weight is 285 g/mol. The monoisotopic (exact) mass is 285 g/mol. The minimum absolute atomic E-state index is 0.223. The third kappa shape index (κ3) is 6.87. The van der Waals surface area contributed by atoms with Gasteiger partial charge in [0.15, 0.2) is 5.96 Å². The summed E-state index contributed by atoms with van der Waals surface area (Å²) in [5.74, 6) is 0.884. The van der Waals surface area contributed by atoms with Crippen molar-refractivity contribution >= 4 is 17.7 Å². The fraction of sp³-hybridized carbons (Fsp3) is 0.786. The van der Waals surface area contributed by atoms with E-state index in [1.54, 1.807) is 0 Å². The predicted octanol–water partition coefficient (Wildman–Crippen LogP) is 2.03. The number of nitrogens with one attached hydrogen (secondary N) is 2. The number of guanidine groups is 1. The Bertz CT molecular complexity index is 327. The van der Waals surface area contributed by atoms with Crippen LogP contribution in [0, 0.1) is 0 Å². The van der Waals surface area contributed by atoms with E-state index in [0.717, 1.165) is 45.1 Å². The number of rotatable bonds is 6. The van der Waals surface area contributed by atoms with Crippen LogP contribution in [0.25, 0.3) is 0 Å². The Morgan fingerprint density at radius 2 is 2.26 bits per heavy atom. The summed E-state index contributed by atoms with van der Waals surface area (Å²) in [6.45, 7) is 7.91. The molecule has 0 amide bonds. The summed E-state index contributed by atoms with van der Waals surface area (Å²) in [5, 5.41) is 6.73. The average Bonchev–Trinajstić information content (AvgIpc) is 2.43. The zero-order chi connectivity index (χ0) is 14.1. The number of nitrogens with zero attached hydrogens (tertiary/aromatic N) is 1. The van der Waals surface area contributed by atoms with Gasteiger partial charge in [0.25, 0.3) is 0 Å². The first kappa shape index (κ1) is 16.4. The molecule has 0 aromatic heterocycles. The molecule has 110 valence electrons. The molecule has 0 spiro atoms. The van der Waals surface area contributed by atoms with E-state index in [1.165, 1.54) is 5.57 Å². The van der Waals surface area contributed by atoms with Gasteiger partial charge in [-0.1, -0.05) is 11.6 Å². The molecule has 1 heterocycles. The number of hydrogen-bond acceptors (Lipinski definition) is 3. The highest BCUT2D eigenvalue weighted by Crippen LogP contribution is 2.19. The van der Waals surface area contributed by atoms with Gasteiger partial charge in [0, 0.05) is 24.9 Å². The van der Waals surface area contributed by atoms with Crippen molar-refractivity contribution in [2.45, 2.75) is 31.4 Å². The molecule has 0 aromatic carbocycles. The first-order valence-electron chi connectivity index (χ1n) is 6.83. The predicted molar refractivity (Wildman–Crippen MR) is 85.1 cm³/mol. The largest absolute Gasteiger partial charge is 0.377 e. The maximum absolute atomic E-state index is 5.30. The van der Waals surface area contributed by atoms with Gasteiger partial charge in [0.1, 0.15) is 0 Å². The molecular weight excluding hydrogens is 258 g/mol. The third-order valence-corrected chi connectivity index (χ3v) is 4.50. The van der Waals surface area contributed by atoms with Gasteiger partial charge in [0.05, 0.1) is 13.2 Å². The second-order valence-electron chi connectivity index (χ2n) is 5.25. The second-order valence-corrected chi connectivity index (χ2v) is 6.77. The van der Waals surface area contributed by atoms with E-state index in [1.807, 2.05) is 18.8 Å². The molecule has 0 saturated heterocycles. The molecule has 1 aliphatic rings.